The summed E-state index contributed by atoms with van der Waals surface area (Å²) >= 11 is 0. The van der Waals surface area contributed by atoms with Crippen molar-refractivity contribution in [2.24, 2.45) is 0 Å². The van der Waals surface area contributed by atoms with E-state index < -0.39 is 0 Å². The van der Waals surface area contributed by atoms with Crippen LogP contribution in [0.3, 0.4) is 0 Å². The minimum Gasteiger partial charge on any atom is -0.494 e. The average molecular weight is 283 g/mol. The van der Waals surface area contributed by atoms with Crippen molar-refractivity contribution >= 4 is 0 Å². The van der Waals surface area contributed by atoms with Gasteiger partial charge in [0.25, 0.3) is 0 Å². The third kappa shape index (κ3) is 4.33. The molecule has 0 spiro atoms. The molecule has 0 saturated heterocycles. The molecular weight excluding hydrogens is 258 g/mol. The molecule has 0 bridgehead atoms. The Morgan fingerprint density at radius 2 is 1.48 bits per heavy atom. The second-order valence-electron chi connectivity index (χ2n) is 5.30. The van der Waals surface area contributed by atoms with Crippen LogP contribution in [0.2, 0.25) is 0 Å². The fraction of sp³-hybridized carbons (Fsp3) is 0.368. The molecule has 1 atom stereocenters. The predicted molar refractivity (Wildman–Crippen MR) is 88.9 cm³/mol. The van der Waals surface area contributed by atoms with Crippen LogP contribution in [0.25, 0.3) is 0 Å². The lowest BCUT2D eigenvalue weighted by Gasteiger charge is -2.20. The van der Waals surface area contributed by atoms with Gasteiger partial charge in [-0.15, -0.1) is 0 Å². The second kappa shape index (κ2) is 7.84. The Labute approximate surface area is 128 Å². The van der Waals surface area contributed by atoms with E-state index >= 15 is 0 Å². The Kier molecular flexibility index (Phi) is 5.82. The van der Waals surface area contributed by atoms with Crippen molar-refractivity contribution in [1.82, 2.24) is 5.32 Å². The van der Waals surface area contributed by atoms with Crippen molar-refractivity contribution in [3.63, 3.8) is 0 Å². The molecule has 0 radical (unpaired) electrons. The maximum atomic E-state index is 5.52. The van der Waals surface area contributed by atoms with E-state index in [0.717, 1.165) is 18.7 Å². The standard InChI is InChI=1S/C19H25NO/c1-4-14-20-19(16-8-6-15(3)7-9-16)17-10-12-18(13-11-17)21-5-2/h6-13,19-20H,4-5,14H2,1-3H3. The predicted octanol–water partition coefficient (Wildman–Crippen LogP) is 4.48. The maximum absolute atomic E-state index is 5.52. The molecule has 1 N–H and O–H groups in total. The first-order chi connectivity index (χ1) is 10.2. The summed E-state index contributed by atoms with van der Waals surface area (Å²) in [5, 5.41) is 3.63. The summed E-state index contributed by atoms with van der Waals surface area (Å²) in [5.74, 6) is 0.930. The Morgan fingerprint density at radius 1 is 0.905 bits per heavy atom. The summed E-state index contributed by atoms with van der Waals surface area (Å²) < 4.78 is 5.52. The Hall–Kier alpha value is -1.80. The van der Waals surface area contributed by atoms with Gasteiger partial charge in [-0.2, -0.15) is 0 Å². The number of ether oxygens (including phenoxy) is 1. The lowest BCUT2D eigenvalue weighted by molar-refractivity contribution is 0.340. The molecule has 0 amide bonds. The Morgan fingerprint density at radius 3 is 2.00 bits per heavy atom. The van der Waals surface area contributed by atoms with Gasteiger partial charge >= 0.3 is 0 Å². The molecule has 1 unspecified atom stereocenters. The fourth-order valence-corrected chi connectivity index (χ4v) is 2.40. The van der Waals surface area contributed by atoms with Crippen LogP contribution < -0.4 is 10.1 Å². The molecule has 0 fully saturated rings. The van der Waals surface area contributed by atoms with Crippen molar-refractivity contribution in [2.75, 3.05) is 13.2 Å². The smallest absolute Gasteiger partial charge is 0.119 e. The molecule has 2 nitrogen and oxygen atoms in total. The molecule has 21 heavy (non-hydrogen) atoms. The molecule has 0 saturated carbocycles. The van der Waals surface area contributed by atoms with Gasteiger partial charge in [0.15, 0.2) is 0 Å². The molecule has 2 rings (SSSR count). The highest BCUT2D eigenvalue weighted by molar-refractivity contribution is 5.36. The average Bonchev–Trinajstić information content (AvgIpc) is 2.51. The monoisotopic (exact) mass is 283 g/mol. The third-order valence-corrected chi connectivity index (χ3v) is 3.53. The third-order valence-electron chi connectivity index (χ3n) is 3.53. The summed E-state index contributed by atoms with van der Waals surface area (Å²) in [6, 6.07) is 17.4. The van der Waals surface area contributed by atoms with Crippen LogP contribution in [0.5, 0.6) is 5.75 Å². The molecule has 2 heteroatoms. The number of benzene rings is 2. The van der Waals surface area contributed by atoms with Crippen molar-refractivity contribution < 1.29 is 4.74 Å². The number of hydrogen-bond donors (Lipinski definition) is 1. The summed E-state index contributed by atoms with van der Waals surface area (Å²) in [7, 11) is 0. The van der Waals surface area contributed by atoms with Crippen LogP contribution >= 0.6 is 0 Å². The second-order valence-corrected chi connectivity index (χ2v) is 5.30. The van der Waals surface area contributed by atoms with Gasteiger partial charge < -0.3 is 10.1 Å². The highest BCUT2D eigenvalue weighted by Gasteiger charge is 2.13. The maximum Gasteiger partial charge on any atom is 0.119 e. The molecule has 0 aliphatic carbocycles. The summed E-state index contributed by atoms with van der Waals surface area (Å²) in [5.41, 5.74) is 3.87. The van der Waals surface area contributed by atoms with Gasteiger partial charge in [0.05, 0.1) is 12.6 Å². The van der Waals surface area contributed by atoms with Gasteiger partial charge in [-0.1, -0.05) is 48.9 Å². The Bertz CT molecular complexity index is 530. The van der Waals surface area contributed by atoms with Crippen LogP contribution in [-0.4, -0.2) is 13.2 Å². The molecular formula is C19H25NO. The van der Waals surface area contributed by atoms with Gasteiger partial charge in [-0.05, 0) is 50.1 Å². The quantitative estimate of drug-likeness (QED) is 0.808. The van der Waals surface area contributed by atoms with E-state index in [2.05, 4.69) is 55.6 Å². The van der Waals surface area contributed by atoms with E-state index in [9.17, 15) is 0 Å². The van der Waals surface area contributed by atoms with Gasteiger partial charge in [0.1, 0.15) is 5.75 Å². The minimum absolute atomic E-state index is 0.237. The van der Waals surface area contributed by atoms with E-state index in [1.54, 1.807) is 0 Å². The summed E-state index contributed by atoms with van der Waals surface area (Å²) in [6.45, 7) is 8.03. The summed E-state index contributed by atoms with van der Waals surface area (Å²) in [6.07, 6.45) is 1.12. The zero-order valence-electron chi connectivity index (χ0n) is 13.2. The highest BCUT2D eigenvalue weighted by atomic mass is 16.5. The number of aryl methyl sites for hydroxylation is 1. The van der Waals surface area contributed by atoms with Crippen molar-refractivity contribution in [1.29, 1.82) is 0 Å². The molecule has 112 valence electrons. The molecule has 0 aromatic heterocycles. The van der Waals surface area contributed by atoms with E-state index in [1.165, 1.54) is 16.7 Å². The fourth-order valence-electron chi connectivity index (χ4n) is 2.40. The SMILES string of the molecule is CCCNC(c1ccc(C)cc1)c1ccc(OCC)cc1. The summed E-state index contributed by atoms with van der Waals surface area (Å²) in [4.78, 5) is 0. The molecule has 2 aromatic rings. The normalized spacial score (nSPS) is 12.1. The van der Waals surface area contributed by atoms with E-state index in [-0.39, 0.29) is 6.04 Å². The highest BCUT2D eigenvalue weighted by Crippen LogP contribution is 2.24. The van der Waals surface area contributed by atoms with Crippen LogP contribution in [0.4, 0.5) is 0 Å². The first-order valence-electron chi connectivity index (χ1n) is 7.77. The minimum atomic E-state index is 0.237. The lowest BCUT2D eigenvalue weighted by atomic mass is 9.97. The van der Waals surface area contributed by atoms with Crippen LogP contribution in [0.15, 0.2) is 48.5 Å². The van der Waals surface area contributed by atoms with Crippen molar-refractivity contribution in [3.05, 3.63) is 65.2 Å². The van der Waals surface area contributed by atoms with E-state index in [0.29, 0.717) is 6.61 Å². The van der Waals surface area contributed by atoms with Crippen LogP contribution in [-0.2, 0) is 0 Å². The topological polar surface area (TPSA) is 21.3 Å². The zero-order chi connectivity index (χ0) is 15.1. The number of hydrogen-bond acceptors (Lipinski definition) is 2. The van der Waals surface area contributed by atoms with Gasteiger partial charge in [0.2, 0.25) is 0 Å². The number of rotatable bonds is 7. The largest absolute Gasteiger partial charge is 0.494 e. The zero-order valence-corrected chi connectivity index (χ0v) is 13.2. The first kappa shape index (κ1) is 15.6. The molecule has 2 aromatic carbocycles. The molecule has 0 aliphatic rings. The van der Waals surface area contributed by atoms with Crippen molar-refractivity contribution in [2.45, 2.75) is 33.2 Å². The Balaban J connectivity index is 2.24. The van der Waals surface area contributed by atoms with Gasteiger partial charge in [-0.3, -0.25) is 0 Å². The first-order valence-corrected chi connectivity index (χ1v) is 7.77. The van der Waals surface area contributed by atoms with Crippen LogP contribution in [0.1, 0.15) is 43.0 Å². The number of nitrogens with one attached hydrogen (secondary N) is 1. The van der Waals surface area contributed by atoms with Crippen LogP contribution in [0, 0.1) is 6.92 Å². The van der Waals surface area contributed by atoms with Gasteiger partial charge in [-0.25, -0.2) is 0 Å². The molecule has 0 aliphatic heterocycles. The van der Waals surface area contributed by atoms with Crippen molar-refractivity contribution in [3.8, 4) is 5.75 Å². The lowest BCUT2D eigenvalue weighted by Crippen LogP contribution is -2.23. The van der Waals surface area contributed by atoms with E-state index in [4.69, 9.17) is 4.74 Å². The van der Waals surface area contributed by atoms with Gasteiger partial charge in [0, 0.05) is 0 Å². The van der Waals surface area contributed by atoms with E-state index in [1.807, 2.05) is 19.1 Å². The molecule has 0 heterocycles.